The van der Waals surface area contributed by atoms with Gasteiger partial charge in [-0.25, -0.2) is 4.58 Å². The summed E-state index contributed by atoms with van der Waals surface area (Å²) < 4.78 is 7.90. The number of nitrogens with zero attached hydrogens (tertiary/aromatic N) is 1. The van der Waals surface area contributed by atoms with E-state index in [0.29, 0.717) is 6.10 Å². The highest BCUT2D eigenvalue weighted by Gasteiger charge is 2.37. The van der Waals surface area contributed by atoms with Crippen LogP contribution in [0, 0.1) is 5.41 Å². The molecule has 2 nitrogen and oxygen atoms in total. The molecule has 1 atom stereocenters. The average Bonchev–Trinajstić information content (AvgIpc) is 1.99. The summed E-state index contributed by atoms with van der Waals surface area (Å²) in [4.78, 5) is 0. The van der Waals surface area contributed by atoms with Gasteiger partial charge in [-0.3, -0.25) is 0 Å². The standard InChI is InChI=1S/C12H24NO/c1-11(2,3)13-8-10(14-6)7-12(4,5)9-13/h9-10H,7-8H2,1-6H3/q+1. The molecular formula is C12H24NO+. The van der Waals surface area contributed by atoms with Gasteiger partial charge in [0.15, 0.2) is 12.1 Å². The predicted octanol–water partition coefficient (Wildman–Crippen LogP) is 2.31. The molecule has 1 rings (SSSR count). The van der Waals surface area contributed by atoms with Crippen LogP contribution in [0.25, 0.3) is 0 Å². The van der Waals surface area contributed by atoms with E-state index in [1.165, 1.54) is 0 Å². The van der Waals surface area contributed by atoms with Crippen LogP contribution in [0.1, 0.15) is 41.0 Å². The lowest BCUT2D eigenvalue weighted by atomic mass is 9.84. The van der Waals surface area contributed by atoms with E-state index in [0.717, 1.165) is 13.0 Å². The molecule has 82 valence electrons. The van der Waals surface area contributed by atoms with Crippen molar-refractivity contribution >= 4 is 6.21 Å². The monoisotopic (exact) mass is 198 g/mol. The normalized spacial score (nSPS) is 27.3. The Balaban J connectivity index is 2.90. The number of rotatable bonds is 1. The molecule has 0 radical (unpaired) electrons. The Morgan fingerprint density at radius 2 is 1.93 bits per heavy atom. The molecule has 0 bridgehead atoms. The molecule has 1 aliphatic heterocycles. The van der Waals surface area contributed by atoms with E-state index in [-0.39, 0.29) is 11.0 Å². The topological polar surface area (TPSA) is 12.2 Å². The fourth-order valence-electron chi connectivity index (χ4n) is 2.02. The van der Waals surface area contributed by atoms with Crippen molar-refractivity contribution in [3.05, 3.63) is 0 Å². The molecule has 0 aromatic rings. The summed E-state index contributed by atoms with van der Waals surface area (Å²) in [6.45, 7) is 12.3. The van der Waals surface area contributed by atoms with Crippen LogP contribution in [0.5, 0.6) is 0 Å². The minimum Gasteiger partial charge on any atom is -0.375 e. The number of hydrogen-bond donors (Lipinski definition) is 0. The van der Waals surface area contributed by atoms with Gasteiger partial charge in [0.25, 0.3) is 0 Å². The zero-order valence-electron chi connectivity index (χ0n) is 10.4. The first-order valence-corrected chi connectivity index (χ1v) is 5.40. The van der Waals surface area contributed by atoms with Crippen molar-refractivity contribution in [2.24, 2.45) is 5.41 Å². The lowest BCUT2D eigenvalue weighted by molar-refractivity contribution is -0.607. The second kappa shape index (κ2) is 3.65. The van der Waals surface area contributed by atoms with Gasteiger partial charge in [0.1, 0.15) is 12.3 Å². The van der Waals surface area contributed by atoms with E-state index in [9.17, 15) is 0 Å². The zero-order chi connectivity index (χ0) is 11.0. The number of hydrogen-bond acceptors (Lipinski definition) is 1. The highest BCUT2D eigenvalue weighted by atomic mass is 16.5. The third kappa shape index (κ3) is 2.81. The average molecular weight is 198 g/mol. The molecule has 1 heterocycles. The summed E-state index contributed by atoms with van der Waals surface area (Å²) >= 11 is 0. The van der Waals surface area contributed by atoms with Crippen LogP contribution in [0.15, 0.2) is 0 Å². The van der Waals surface area contributed by atoms with E-state index < -0.39 is 0 Å². The van der Waals surface area contributed by atoms with Crippen molar-refractivity contribution < 1.29 is 9.31 Å². The summed E-state index contributed by atoms with van der Waals surface area (Å²) in [5, 5.41) is 0. The fourth-order valence-corrected chi connectivity index (χ4v) is 2.02. The number of ether oxygens (including phenoxy) is 1. The van der Waals surface area contributed by atoms with E-state index in [4.69, 9.17) is 4.74 Å². The van der Waals surface area contributed by atoms with E-state index in [1.807, 2.05) is 7.11 Å². The van der Waals surface area contributed by atoms with Gasteiger partial charge in [-0.1, -0.05) is 13.8 Å². The first-order valence-electron chi connectivity index (χ1n) is 5.40. The molecule has 0 aliphatic carbocycles. The van der Waals surface area contributed by atoms with Crippen molar-refractivity contribution in [1.82, 2.24) is 0 Å². The smallest absolute Gasteiger partial charge is 0.169 e. The summed E-state index contributed by atoms with van der Waals surface area (Å²) in [7, 11) is 1.81. The molecule has 0 N–H and O–H groups in total. The Kier molecular flexibility index (Phi) is 3.05. The molecule has 0 aromatic heterocycles. The van der Waals surface area contributed by atoms with Gasteiger partial charge in [-0.15, -0.1) is 0 Å². The van der Waals surface area contributed by atoms with E-state index in [1.54, 1.807) is 0 Å². The first kappa shape index (κ1) is 11.7. The van der Waals surface area contributed by atoms with Gasteiger partial charge in [0.2, 0.25) is 0 Å². The maximum Gasteiger partial charge on any atom is 0.169 e. The van der Waals surface area contributed by atoms with Crippen LogP contribution >= 0.6 is 0 Å². The Morgan fingerprint density at radius 3 is 2.36 bits per heavy atom. The lowest BCUT2D eigenvalue weighted by Crippen LogP contribution is -2.47. The summed E-state index contributed by atoms with van der Waals surface area (Å²) in [6, 6.07) is 0. The highest BCUT2D eigenvalue weighted by Crippen LogP contribution is 2.27. The summed E-state index contributed by atoms with van der Waals surface area (Å²) in [6.07, 6.45) is 3.85. The van der Waals surface area contributed by atoms with Crippen LogP contribution in [0.4, 0.5) is 0 Å². The molecule has 14 heavy (non-hydrogen) atoms. The van der Waals surface area contributed by atoms with Crippen LogP contribution in [0.2, 0.25) is 0 Å². The molecule has 1 unspecified atom stereocenters. The Morgan fingerprint density at radius 1 is 1.36 bits per heavy atom. The first-order chi connectivity index (χ1) is 6.24. The van der Waals surface area contributed by atoms with Crippen molar-refractivity contribution in [2.45, 2.75) is 52.7 Å². The van der Waals surface area contributed by atoms with Crippen molar-refractivity contribution in [3.63, 3.8) is 0 Å². The van der Waals surface area contributed by atoms with Crippen molar-refractivity contribution in [2.75, 3.05) is 13.7 Å². The predicted molar refractivity (Wildman–Crippen MR) is 60.1 cm³/mol. The molecule has 0 amide bonds. The van der Waals surface area contributed by atoms with Crippen molar-refractivity contribution in [1.29, 1.82) is 0 Å². The van der Waals surface area contributed by atoms with Crippen LogP contribution in [-0.2, 0) is 4.74 Å². The van der Waals surface area contributed by atoms with Gasteiger partial charge >= 0.3 is 0 Å². The molecule has 0 spiro atoms. The van der Waals surface area contributed by atoms with E-state index >= 15 is 0 Å². The van der Waals surface area contributed by atoms with Gasteiger partial charge < -0.3 is 4.74 Å². The SMILES string of the molecule is COC1C[N+](C(C)(C)C)=CC(C)(C)C1. The fraction of sp³-hybridized carbons (Fsp3) is 0.917. The Bertz CT molecular complexity index is 235. The quantitative estimate of drug-likeness (QED) is 0.589. The summed E-state index contributed by atoms with van der Waals surface area (Å²) in [5.41, 5.74) is 0.459. The highest BCUT2D eigenvalue weighted by molar-refractivity contribution is 5.60. The van der Waals surface area contributed by atoms with Crippen LogP contribution < -0.4 is 0 Å². The largest absolute Gasteiger partial charge is 0.375 e. The van der Waals surface area contributed by atoms with Crippen LogP contribution in [0.3, 0.4) is 0 Å². The minimum atomic E-state index is 0.203. The molecule has 2 heteroatoms. The molecule has 0 fully saturated rings. The summed E-state index contributed by atoms with van der Waals surface area (Å²) in [5.74, 6) is 0. The van der Waals surface area contributed by atoms with Gasteiger partial charge in [0.05, 0.1) is 0 Å². The van der Waals surface area contributed by atoms with Gasteiger partial charge in [0, 0.05) is 12.5 Å². The molecule has 0 saturated carbocycles. The zero-order valence-corrected chi connectivity index (χ0v) is 10.4. The third-order valence-corrected chi connectivity index (χ3v) is 2.85. The molecule has 0 saturated heterocycles. The third-order valence-electron chi connectivity index (χ3n) is 2.85. The second-order valence-corrected chi connectivity index (χ2v) is 6.00. The second-order valence-electron chi connectivity index (χ2n) is 6.00. The molecule has 0 aromatic carbocycles. The Hall–Kier alpha value is -0.370. The maximum atomic E-state index is 5.49. The molecular weight excluding hydrogens is 174 g/mol. The minimum absolute atomic E-state index is 0.203. The Labute approximate surface area is 88.0 Å². The van der Waals surface area contributed by atoms with Gasteiger partial charge in [-0.05, 0) is 27.2 Å². The van der Waals surface area contributed by atoms with Crippen LogP contribution in [-0.4, -0.2) is 36.1 Å². The number of methoxy groups -OCH3 is 1. The van der Waals surface area contributed by atoms with Gasteiger partial charge in [-0.2, -0.15) is 0 Å². The maximum absolute atomic E-state index is 5.49. The van der Waals surface area contributed by atoms with E-state index in [2.05, 4.69) is 45.4 Å². The lowest BCUT2D eigenvalue weighted by Gasteiger charge is -2.32. The van der Waals surface area contributed by atoms with Crippen molar-refractivity contribution in [3.8, 4) is 0 Å². The molecule has 1 aliphatic rings.